The number of nitriles is 1. The molecule has 0 aliphatic heterocycles. The summed E-state index contributed by atoms with van der Waals surface area (Å²) >= 11 is 0. The van der Waals surface area contributed by atoms with Crippen molar-refractivity contribution in [2.45, 2.75) is 18.7 Å². The van der Waals surface area contributed by atoms with Gasteiger partial charge in [-0.2, -0.15) is 9.57 Å². The number of methoxy groups -OCH3 is 1. The van der Waals surface area contributed by atoms with Crippen molar-refractivity contribution in [1.82, 2.24) is 4.31 Å². The van der Waals surface area contributed by atoms with Gasteiger partial charge in [-0.05, 0) is 18.2 Å². The highest BCUT2D eigenvalue weighted by molar-refractivity contribution is 7.89. The third-order valence-electron chi connectivity index (χ3n) is 4.96. The number of benzene rings is 2. The number of hydrogen-bond donors (Lipinski definition) is 1. The van der Waals surface area contributed by atoms with Gasteiger partial charge in [0.2, 0.25) is 10.0 Å². The molecule has 0 fully saturated rings. The highest BCUT2D eigenvalue weighted by atomic mass is 32.2. The number of ketones is 1. The highest BCUT2D eigenvalue weighted by Crippen LogP contribution is 2.35. The minimum absolute atomic E-state index is 0.0210. The van der Waals surface area contributed by atoms with Crippen LogP contribution >= 0.6 is 0 Å². The van der Waals surface area contributed by atoms with Crippen molar-refractivity contribution < 1.29 is 23.1 Å². The lowest BCUT2D eigenvalue weighted by molar-refractivity contribution is 0.104. The maximum absolute atomic E-state index is 12.9. The molecule has 2 aromatic rings. The Morgan fingerprint density at radius 3 is 2.35 bits per heavy atom. The Kier molecular flexibility index (Phi) is 6.24. The molecule has 0 saturated heterocycles. The predicted octanol–water partition coefficient (Wildman–Crippen LogP) is 3.49. The van der Waals surface area contributed by atoms with Crippen LogP contribution in [0.15, 0.2) is 57.9 Å². The molecule has 0 radical (unpaired) electrons. The van der Waals surface area contributed by atoms with Crippen LogP contribution in [0.4, 0.5) is 5.69 Å². The van der Waals surface area contributed by atoms with Gasteiger partial charge < -0.3 is 9.84 Å². The number of aliphatic hydroxyl groups is 1. The number of ether oxygens (including phenoxy) is 1. The van der Waals surface area contributed by atoms with Gasteiger partial charge in [-0.15, -0.1) is 0 Å². The normalized spacial score (nSPS) is 14.0. The summed E-state index contributed by atoms with van der Waals surface area (Å²) < 4.78 is 32.3. The molecule has 0 spiro atoms. The van der Waals surface area contributed by atoms with Crippen molar-refractivity contribution in [1.29, 1.82) is 5.26 Å². The Hall–Kier alpha value is -3.48. The summed E-state index contributed by atoms with van der Waals surface area (Å²) in [6.45, 7) is 4.05. The molecule has 2 aromatic carbocycles. The molecule has 1 aliphatic rings. The summed E-state index contributed by atoms with van der Waals surface area (Å²) in [6, 6.07) is 12.4. The van der Waals surface area contributed by atoms with Crippen LogP contribution in [-0.4, -0.2) is 49.5 Å². The van der Waals surface area contributed by atoms with Gasteiger partial charge in [-0.25, -0.2) is 13.4 Å². The van der Waals surface area contributed by atoms with Crippen molar-refractivity contribution >= 4 is 33.0 Å². The van der Waals surface area contributed by atoms with Crippen molar-refractivity contribution in [2.75, 3.05) is 20.2 Å². The zero-order valence-corrected chi connectivity index (χ0v) is 18.1. The number of carbonyl (C=O) groups excluding carboxylic acids is 1. The Labute approximate surface area is 180 Å². The number of allylic oxidation sites excluding steroid dienone is 1. The number of aliphatic imine (C=N–C) groups is 1. The molecule has 1 N–H and O–H groups in total. The maximum Gasteiger partial charge on any atom is 0.243 e. The van der Waals surface area contributed by atoms with E-state index in [1.54, 1.807) is 38.1 Å². The van der Waals surface area contributed by atoms with E-state index in [0.717, 1.165) is 0 Å². The summed E-state index contributed by atoms with van der Waals surface area (Å²) in [4.78, 5) is 16.9. The molecule has 0 saturated carbocycles. The molecule has 0 heterocycles. The van der Waals surface area contributed by atoms with Crippen molar-refractivity contribution in [3.05, 3.63) is 59.2 Å². The SMILES string of the molecule is CCN(CC)S(=O)(=O)c1ccc(OC)c(N=C(C#N)C2=C(O)c3ccccc3C2=O)c1. The number of sulfonamides is 1. The molecule has 0 bridgehead atoms. The van der Waals surface area contributed by atoms with Crippen LogP contribution in [0.5, 0.6) is 5.75 Å². The predicted molar refractivity (Wildman–Crippen MR) is 116 cm³/mol. The van der Waals surface area contributed by atoms with E-state index in [4.69, 9.17) is 4.74 Å². The molecule has 9 heteroatoms. The first-order chi connectivity index (χ1) is 14.8. The summed E-state index contributed by atoms with van der Waals surface area (Å²) in [5, 5.41) is 20.2. The molecule has 0 unspecified atom stereocenters. The average molecular weight is 439 g/mol. The number of rotatable bonds is 7. The third kappa shape index (κ3) is 3.83. The number of carbonyl (C=O) groups is 1. The van der Waals surface area contributed by atoms with Gasteiger partial charge in [0.05, 0.1) is 12.0 Å². The van der Waals surface area contributed by atoms with E-state index < -0.39 is 15.8 Å². The smallest absolute Gasteiger partial charge is 0.243 e. The molecular weight excluding hydrogens is 418 g/mol. The maximum atomic E-state index is 12.9. The summed E-state index contributed by atoms with van der Waals surface area (Å²) in [6.07, 6.45) is 0. The molecule has 0 amide bonds. The van der Waals surface area contributed by atoms with Gasteiger partial charge in [-0.3, -0.25) is 4.79 Å². The first-order valence-corrected chi connectivity index (χ1v) is 11.0. The number of nitrogens with zero attached hydrogens (tertiary/aromatic N) is 3. The molecule has 31 heavy (non-hydrogen) atoms. The standard InChI is InChI=1S/C22H21N3O5S/c1-4-25(5-2)31(28,29)14-10-11-19(30-3)17(12-14)24-18(13-23)20-21(26)15-8-6-7-9-16(15)22(20)27/h6-12,26H,4-5H2,1-3H3. The Morgan fingerprint density at radius 1 is 1.16 bits per heavy atom. The number of Topliss-reactive ketones (excluding diaryl/α,β-unsaturated/α-hetero) is 1. The minimum atomic E-state index is -3.78. The van der Waals surface area contributed by atoms with E-state index in [0.29, 0.717) is 18.7 Å². The number of hydrogen-bond acceptors (Lipinski definition) is 7. The Bertz CT molecular complexity index is 1250. The second kappa shape index (κ2) is 8.71. The Balaban J connectivity index is 2.15. The summed E-state index contributed by atoms with van der Waals surface area (Å²) in [5.74, 6) is -0.652. The van der Waals surface area contributed by atoms with Crippen molar-refractivity contribution in [2.24, 2.45) is 4.99 Å². The van der Waals surface area contributed by atoms with Crippen LogP contribution in [0.2, 0.25) is 0 Å². The monoisotopic (exact) mass is 439 g/mol. The van der Waals surface area contributed by atoms with Gasteiger partial charge in [0.25, 0.3) is 0 Å². The summed E-state index contributed by atoms with van der Waals surface area (Å²) in [7, 11) is -2.40. The van der Waals surface area contributed by atoms with E-state index >= 15 is 0 Å². The largest absolute Gasteiger partial charge is 0.506 e. The second-order valence-corrected chi connectivity index (χ2v) is 8.53. The fraction of sp³-hybridized carbons (Fsp3) is 0.227. The molecule has 3 rings (SSSR count). The number of fused-ring (bicyclic) bond motifs is 1. The number of aliphatic hydroxyl groups excluding tert-OH is 1. The second-order valence-electron chi connectivity index (χ2n) is 6.59. The zero-order valence-electron chi connectivity index (χ0n) is 17.3. The summed E-state index contributed by atoms with van der Waals surface area (Å²) in [5.41, 5.74) is 0.0616. The average Bonchev–Trinajstić information content (AvgIpc) is 3.03. The van der Waals surface area contributed by atoms with Crippen LogP contribution in [0.3, 0.4) is 0 Å². The highest BCUT2D eigenvalue weighted by Gasteiger charge is 2.33. The van der Waals surface area contributed by atoms with E-state index in [1.807, 2.05) is 6.07 Å². The van der Waals surface area contributed by atoms with Gasteiger partial charge >= 0.3 is 0 Å². The molecular formula is C22H21N3O5S. The van der Waals surface area contributed by atoms with Gasteiger partial charge in [0.1, 0.15) is 28.8 Å². The van der Waals surface area contributed by atoms with Crippen molar-refractivity contribution in [3.8, 4) is 11.8 Å². The fourth-order valence-electron chi connectivity index (χ4n) is 3.37. The Morgan fingerprint density at radius 2 is 1.81 bits per heavy atom. The van der Waals surface area contributed by atoms with Crippen LogP contribution < -0.4 is 4.74 Å². The van der Waals surface area contributed by atoms with Crippen molar-refractivity contribution in [3.63, 3.8) is 0 Å². The zero-order chi connectivity index (χ0) is 22.8. The lowest BCUT2D eigenvalue weighted by atomic mass is 10.1. The minimum Gasteiger partial charge on any atom is -0.506 e. The topological polar surface area (TPSA) is 120 Å². The van der Waals surface area contributed by atoms with Crippen LogP contribution in [-0.2, 0) is 10.0 Å². The molecule has 160 valence electrons. The van der Waals surface area contributed by atoms with Crippen LogP contribution in [0.1, 0.15) is 29.8 Å². The van der Waals surface area contributed by atoms with Gasteiger partial charge in [-0.1, -0.05) is 38.1 Å². The molecule has 8 nitrogen and oxygen atoms in total. The van der Waals surface area contributed by atoms with Crippen LogP contribution in [0.25, 0.3) is 5.76 Å². The van der Waals surface area contributed by atoms with E-state index in [-0.39, 0.29) is 38.9 Å². The van der Waals surface area contributed by atoms with Gasteiger partial charge in [0, 0.05) is 24.2 Å². The molecule has 1 aliphatic carbocycles. The molecule has 0 aromatic heterocycles. The lowest BCUT2D eigenvalue weighted by Crippen LogP contribution is -2.30. The fourth-order valence-corrected chi connectivity index (χ4v) is 4.85. The van der Waals surface area contributed by atoms with E-state index in [9.17, 15) is 23.6 Å². The third-order valence-corrected chi connectivity index (χ3v) is 7.01. The first kappa shape index (κ1) is 22.2. The van der Waals surface area contributed by atoms with E-state index in [1.165, 1.54) is 29.6 Å². The first-order valence-electron chi connectivity index (χ1n) is 9.54. The molecule has 0 atom stereocenters. The quantitative estimate of drug-likeness (QED) is 0.660. The lowest BCUT2D eigenvalue weighted by Gasteiger charge is -2.19. The van der Waals surface area contributed by atoms with Gasteiger partial charge in [0.15, 0.2) is 11.5 Å². The van der Waals surface area contributed by atoms with Crippen LogP contribution in [0, 0.1) is 11.3 Å². The van der Waals surface area contributed by atoms with E-state index in [2.05, 4.69) is 4.99 Å².